The zero-order chi connectivity index (χ0) is 7.33. The highest BCUT2D eigenvalue weighted by molar-refractivity contribution is 7.89. The molecule has 0 radical (unpaired) electrons. The Kier molecular flexibility index (Phi) is 3.76. The van der Waals surface area contributed by atoms with Crippen LogP contribution in [0.4, 0.5) is 0 Å². The van der Waals surface area contributed by atoms with E-state index < -0.39 is 10.0 Å². The number of ether oxygens (including phenoxy) is 1. The van der Waals surface area contributed by atoms with E-state index in [1.165, 1.54) is 7.11 Å². The normalized spacial score (nSPS) is 11.8. The molecule has 0 saturated carbocycles. The van der Waals surface area contributed by atoms with Gasteiger partial charge in [-0.2, -0.15) is 4.72 Å². The molecule has 0 fully saturated rings. The lowest BCUT2D eigenvalue weighted by Crippen LogP contribution is -2.26. The van der Waals surface area contributed by atoms with Crippen molar-refractivity contribution in [1.29, 1.82) is 0 Å². The minimum atomic E-state index is -3.06. The van der Waals surface area contributed by atoms with Gasteiger partial charge >= 0.3 is 0 Å². The second-order valence-electron chi connectivity index (χ2n) is 1.48. The molecule has 0 atom stereocenters. The second-order valence-corrected chi connectivity index (χ2v) is 3.58. The standard InChI is InChI=1S/C4H11NO3S/c1-3-9(6,7)5-4-8-2/h5H,3-4H2,1-2H3. The van der Waals surface area contributed by atoms with Crippen molar-refractivity contribution in [3.63, 3.8) is 0 Å². The van der Waals surface area contributed by atoms with Crippen LogP contribution in [-0.2, 0) is 14.8 Å². The van der Waals surface area contributed by atoms with Crippen LogP contribution in [0.3, 0.4) is 0 Å². The van der Waals surface area contributed by atoms with Gasteiger partial charge in [0.05, 0.1) is 5.75 Å². The summed E-state index contributed by atoms with van der Waals surface area (Å²) in [5.41, 5.74) is 0. The first kappa shape index (κ1) is 8.87. The quantitative estimate of drug-likeness (QED) is 0.555. The predicted octanol–water partition coefficient (Wildman–Crippen LogP) is -0.470. The highest BCUT2D eigenvalue weighted by Gasteiger charge is 2.02. The molecule has 4 nitrogen and oxygen atoms in total. The predicted molar refractivity (Wildman–Crippen MR) is 34.5 cm³/mol. The molecule has 0 aliphatic carbocycles. The number of methoxy groups -OCH3 is 1. The van der Waals surface area contributed by atoms with Crippen molar-refractivity contribution < 1.29 is 13.2 Å². The van der Waals surface area contributed by atoms with Crippen LogP contribution >= 0.6 is 0 Å². The molecule has 0 aromatic heterocycles. The molecular formula is C4H11NO3S. The molecule has 0 spiro atoms. The molecule has 0 saturated heterocycles. The van der Waals surface area contributed by atoms with Crippen LogP contribution in [0.1, 0.15) is 6.92 Å². The maximum Gasteiger partial charge on any atom is 0.213 e. The van der Waals surface area contributed by atoms with Gasteiger partial charge in [0.1, 0.15) is 6.73 Å². The molecule has 0 aromatic rings. The van der Waals surface area contributed by atoms with Gasteiger partial charge < -0.3 is 4.74 Å². The minimum Gasteiger partial charge on any atom is -0.369 e. The molecule has 0 bridgehead atoms. The van der Waals surface area contributed by atoms with Gasteiger partial charge in [0, 0.05) is 7.11 Å². The van der Waals surface area contributed by atoms with E-state index in [0.717, 1.165) is 0 Å². The minimum absolute atomic E-state index is 0.0518. The van der Waals surface area contributed by atoms with Crippen LogP contribution in [0.15, 0.2) is 0 Å². The number of sulfonamides is 1. The van der Waals surface area contributed by atoms with Crippen LogP contribution in [0, 0.1) is 0 Å². The van der Waals surface area contributed by atoms with Crippen LogP contribution in [0.5, 0.6) is 0 Å². The smallest absolute Gasteiger partial charge is 0.213 e. The van der Waals surface area contributed by atoms with Gasteiger partial charge in [0.25, 0.3) is 0 Å². The first-order valence-corrected chi connectivity index (χ1v) is 4.24. The number of hydrogen-bond acceptors (Lipinski definition) is 3. The summed E-state index contributed by atoms with van der Waals surface area (Å²) in [4.78, 5) is 0. The molecule has 5 heteroatoms. The van der Waals surface area contributed by atoms with E-state index in [-0.39, 0.29) is 12.5 Å². The molecule has 9 heavy (non-hydrogen) atoms. The maximum absolute atomic E-state index is 10.6. The van der Waals surface area contributed by atoms with Crippen LogP contribution in [0.2, 0.25) is 0 Å². The average Bonchev–Trinajstić information content (AvgIpc) is 1.84. The van der Waals surface area contributed by atoms with E-state index in [0.29, 0.717) is 0 Å². The van der Waals surface area contributed by atoms with E-state index in [1.807, 2.05) is 0 Å². The number of hydrogen-bond donors (Lipinski definition) is 1. The Hall–Kier alpha value is -0.130. The Morgan fingerprint density at radius 3 is 2.44 bits per heavy atom. The van der Waals surface area contributed by atoms with Gasteiger partial charge in [0.2, 0.25) is 10.0 Å². The van der Waals surface area contributed by atoms with E-state index in [9.17, 15) is 8.42 Å². The Labute approximate surface area is 55.3 Å². The monoisotopic (exact) mass is 153 g/mol. The van der Waals surface area contributed by atoms with Crippen molar-refractivity contribution in [3.8, 4) is 0 Å². The van der Waals surface area contributed by atoms with Crippen molar-refractivity contribution in [2.75, 3.05) is 19.6 Å². The molecule has 0 heterocycles. The molecule has 0 unspecified atom stereocenters. The first-order chi connectivity index (χ1) is 4.12. The number of nitrogens with one attached hydrogen (secondary N) is 1. The van der Waals surface area contributed by atoms with Crippen LogP contribution in [0.25, 0.3) is 0 Å². The fourth-order valence-corrected chi connectivity index (χ4v) is 0.752. The van der Waals surface area contributed by atoms with Crippen LogP contribution < -0.4 is 4.72 Å². The molecule has 0 aliphatic heterocycles. The van der Waals surface area contributed by atoms with E-state index in [1.54, 1.807) is 6.92 Å². The lowest BCUT2D eigenvalue weighted by atomic mass is 11.0. The van der Waals surface area contributed by atoms with Crippen molar-refractivity contribution >= 4 is 10.0 Å². The largest absolute Gasteiger partial charge is 0.369 e. The Morgan fingerprint density at radius 2 is 2.11 bits per heavy atom. The van der Waals surface area contributed by atoms with Gasteiger partial charge in [-0.3, -0.25) is 0 Å². The Balaban J connectivity index is 3.61. The van der Waals surface area contributed by atoms with Crippen molar-refractivity contribution in [1.82, 2.24) is 4.72 Å². The van der Waals surface area contributed by atoms with E-state index in [4.69, 9.17) is 0 Å². The summed E-state index contributed by atoms with van der Waals surface area (Å²) in [6, 6.07) is 0. The fourth-order valence-electron chi connectivity index (χ4n) is 0.251. The molecule has 0 aromatic carbocycles. The van der Waals surface area contributed by atoms with Crippen molar-refractivity contribution in [3.05, 3.63) is 0 Å². The third-order valence-corrected chi connectivity index (χ3v) is 2.12. The molecule has 0 amide bonds. The van der Waals surface area contributed by atoms with E-state index in [2.05, 4.69) is 9.46 Å². The van der Waals surface area contributed by atoms with Crippen molar-refractivity contribution in [2.45, 2.75) is 6.92 Å². The Bertz CT molecular complexity index is 151. The summed E-state index contributed by atoms with van der Waals surface area (Å²) >= 11 is 0. The molecular weight excluding hydrogens is 142 g/mol. The summed E-state index contributed by atoms with van der Waals surface area (Å²) in [5.74, 6) is 0.0936. The van der Waals surface area contributed by atoms with Gasteiger partial charge in [-0.1, -0.05) is 0 Å². The third kappa shape index (κ3) is 4.38. The molecule has 56 valence electrons. The van der Waals surface area contributed by atoms with Gasteiger partial charge in [0.15, 0.2) is 0 Å². The first-order valence-electron chi connectivity index (χ1n) is 2.58. The highest BCUT2D eigenvalue weighted by atomic mass is 32.2. The topological polar surface area (TPSA) is 55.4 Å². The summed E-state index contributed by atoms with van der Waals surface area (Å²) < 4.78 is 27.8. The Morgan fingerprint density at radius 1 is 1.56 bits per heavy atom. The molecule has 1 N–H and O–H groups in total. The van der Waals surface area contributed by atoms with Gasteiger partial charge in [-0.25, -0.2) is 8.42 Å². The average molecular weight is 153 g/mol. The summed E-state index contributed by atoms with van der Waals surface area (Å²) in [6.07, 6.45) is 0. The summed E-state index contributed by atoms with van der Waals surface area (Å²) in [6.45, 7) is 1.62. The zero-order valence-corrected chi connectivity index (χ0v) is 6.36. The lowest BCUT2D eigenvalue weighted by molar-refractivity contribution is 0.194. The molecule has 0 rings (SSSR count). The van der Waals surface area contributed by atoms with Gasteiger partial charge in [-0.05, 0) is 6.92 Å². The zero-order valence-electron chi connectivity index (χ0n) is 5.55. The summed E-state index contributed by atoms with van der Waals surface area (Å²) in [7, 11) is -1.63. The van der Waals surface area contributed by atoms with Gasteiger partial charge in [-0.15, -0.1) is 0 Å². The van der Waals surface area contributed by atoms with Crippen LogP contribution in [-0.4, -0.2) is 28.0 Å². The van der Waals surface area contributed by atoms with Crippen molar-refractivity contribution in [2.24, 2.45) is 0 Å². The fraction of sp³-hybridized carbons (Fsp3) is 1.00. The lowest BCUT2D eigenvalue weighted by Gasteiger charge is -2.00. The summed E-state index contributed by atoms with van der Waals surface area (Å²) in [5, 5.41) is 0. The third-order valence-electron chi connectivity index (χ3n) is 0.803. The SMILES string of the molecule is CCS(=O)(=O)NCOC. The number of rotatable bonds is 4. The van der Waals surface area contributed by atoms with E-state index >= 15 is 0 Å². The maximum atomic E-state index is 10.6. The highest BCUT2D eigenvalue weighted by Crippen LogP contribution is 1.79. The second kappa shape index (κ2) is 3.81. The molecule has 0 aliphatic rings.